The van der Waals surface area contributed by atoms with Crippen molar-refractivity contribution >= 4 is 12.0 Å². The van der Waals surface area contributed by atoms with E-state index in [1.807, 2.05) is 13.8 Å². The van der Waals surface area contributed by atoms with Crippen LogP contribution in [-0.2, 0) is 9.53 Å². The lowest BCUT2D eigenvalue weighted by Gasteiger charge is -2.49. The average molecular weight is 310 g/mol. The van der Waals surface area contributed by atoms with Crippen LogP contribution in [0.15, 0.2) is 0 Å². The molecule has 1 aliphatic heterocycles. The second kappa shape index (κ2) is 6.09. The van der Waals surface area contributed by atoms with Gasteiger partial charge in [0.05, 0.1) is 7.11 Å². The van der Waals surface area contributed by atoms with Crippen molar-refractivity contribution in [1.82, 2.24) is 10.2 Å². The van der Waals surface area contributed by atoms with E-state index in [1.165, 1.54) is 13.5 Å². The Labute approximate surface area is 133 Å². The maximum absolute atomic E-state index is 13.2. The van der Waals surface area contributed by atoms with Crippen molar-refractivity contribution in [3.8, 4) is 0 Å². The van der Waals surface area contributed by atoms with Gasteiger partial charge >= 0.3 is 6.09 Å². The van der Waals surface area contributed by atoms with Crippen LogP contribution < -0.4 is 5.32 Å². The molecular weight excluding hydrogens is 280 g/mol. The first-order chi connectivity index (χ1) is 10.2. The van der Waals surface area contributed by atoms with Crippen LogP contribution in [0.5, 0.6) is 0 Å². The number of amides is 2. The lowest BCUT2D eigenvalue weighted by Crippen LogP contribution is -2.62. The van der Waals surface area contributed by atoms with Crippen LogP contribution in [-0.4, -0.2) is 41.6 Å². The molecular formula is C17H30N2O3. The van der Waals surface area contributed by atoms with Gasteiger partial charge in [-0.05, 0) is 43.9 Å². The zero-order valence-corrected chi connectivity index (χ0v) is 14.7. The molecule has 1 heterocycles. The lowest BCUT2D eigenvalue weighted by molar-refractivity contribution is -0.145. The number of fused-ring (bicyclic) bond motifs is 2. The number of nitrogens with zero attached hydrogens (tertiary/aromatic N) is 1. The van der Waals surface area contributed by atoms with Gasteiger partial charge in [0.2, 0.25) is 5.91 Å². The summed E-state index contributed by atoms with van der Waals surface area (Å²) in [6.45, 7) is 10.5. The third kappa shape index (κ3) is 2.59. The molecule has 22 heavy (non-hydrogen) atoms. The number of hydrogen-bond acceptors (Lipinski definition) is 3. The lowest BCUT2D eigenvalue weighted by atomic mass is 9.75. The zero-order chi connectivity index (χ0) is 16.7. The standard InChI is InChI=1S/C17H30N2O3/c1-10(2)14(18-16(21)22-6)15(20)19-13-8-7-12(9-13)17(19,5)11(3)4/h10-14H,7-9H2,1-6H3,(H,18,21)/t12-,13+,14-,17+/m0/s1. The molecule has 1 saturated heterocycles. The molecule has 5 heteroatoms. The molecule has 2 bridgehead atoms. The van der Waals surface area contributed by atoms with Gasteiger partial charge in [0.1, 0.15) is 6.04 Å². The Hall–Kier alpha value is -1.26. The second-order valence-corrected chi connectivity index (χ2v) is 7.61. The van der Waals surface area contributed by atoms with E-state index in [0.29, 0.717) is 17.9 Å². The first-order valence-corrected chi connectivity index (χ1v) is 8.41. The number of alkyl carbamates (subject to hydrolysis) is 1. The Kier molecular flexibility index (Phi) is 4.73. The Morgan fingerprint density at radius 1 is 1.23 bits per heavy atom. The van der Waals surface area contributed by atoms with Crippen molar-refractivity contribution < 1.29 is 14.3 Å². The minimum absolute atomic E-state index is 0.0298. The zero-order valence-electron chi connectivity index (χ0n) is 14.7. The number of nitrogens with one attached hydrogen (secondary N) is 1. The van der Waals surface area contributed by atoms with Crippen LogP contribution in [0, 0.1) is 17.8 Å². The van der Waals surface area contributed by atoms with Crippen LogP contribution in [0.4, 0.5) is 4.79 Å². The van der Waals surface area contributed by atoms with Gasteiger partial charge in [-0.1, -0.05) is 27.7 Å². The predicted molar refractivity (Wildman–Crippen MR) is 85.4 cm³/mol. The highest BCUT2D eigenvalue weighted by Crippen LogP contribution is 2.52. The monoisotopic (exact) mass is 310 g/mol. The summed E-state index contributed by atoms with van der Waals surface area (Å²) in [6, 6.07) is -0.199. The van der Waals surface area contributed by atoms with E-state index in [2.05, 4.69) is 35.7 Å². The molecule has 0 aromatic carbocycles. The fourth-order valence-corrected chi connectivity index (χ4v) is 4.33. The third-order valence-corrected chi connectivity index (χ3v) is 5.91. The third-order valence-electron chi connectivity index (χ3n) is 5.91. The Balaban J connectivity index is 2.27. The SMILES string of the molecule is COC(=O)N[C@H](C(=O)N1[C@@H]2CC[C@@H](C2)[C@@]1(C)C(C)C)C(C)C. The van der Waals surface area contributed by atoms with Crippen molar-refractivity contribution in [3.05, 3.63) is 0 Å². The van der Waals surface area contributed by atoms with Crippen molar-refractivity contribution in [2.75, 3.05) is 7.11 Å². The maximum Gasteiger partial charge on any atom is 0.407 e. The fraction of sp³-hybridized carbons (Fsp3) is 0.882. The number of piperidine rings is 1. The van der Waals surface area contributed by atoms with E-state index >= 15 is 0 Å². The topological polar surface area (TPSA) is 58.6 Å². The molecule has 0 radical (unpaired) electrons. The quantitative estimate of drug-likeness (QED) is 0.868. The van der Waals surface area contributed by atoms with Crippen LogP contribution in [0.2, 0.25) is 0 Å². The van der Waals surface area contributed by atoms with Gasteiger partial charge in [-0.2, -0.15) is 0 Å². The molecule has 1 saturated carbocycles. The minimum Gasteiger partial charge on any atom is -0.453 e. The molecule has 126 valence electrons. The molecule has 5 nitrogen and oxygen atoms in total. The van der Waals surface area contributed by atoms with Crippen LogP contribution in [0.25, 0.3) is 0 Å². The van der Waals surface area contributed by atoms with Gasteiger partial charge in [-0.15, -0.1) is 0 Å². The smallest absolute Gasteiger partial charge is 0.407 e. The maximum atomic E-state index is 13.2. The van der Waals surface area contributed by atoms with Crippen molar-refractivity contribution in [2.45, 2.75) is 71.5 Å². The average Bonchev–Trinajstić information content (AvgIpc) is 3.03. The summed E-state index contributed by atoms with van der Waals surface area (Å²) in [5, 5.41) is 2.73. The number of carbonyl (C=O) groups is 2. The minimum atomic E-state index is -0.539. The van der Waals surface area contributed by atoms with E-state index in [9.17, 15) is 9.59 Å². The number of ether oxygens (including phenoxy) is 1. The van der Waals surface area contributed by atoms with Crippen molar-refractivity contribution in [1.29, 1.82) is 0 Å². The van der Waals surface area contributed by atoms with E-state index in [4.69, 9.17) is 0 Å². The molecule has 2 fully saturated rings. The highest BCUT2D eigenvalue weighted by molar-refractivity contribution is 5.87. The largest absolute Gasteiger partial charge is 0.453 e. The number of hydrogen-bond donors (Lipinski definition) is 1. The molecule has 1 aliphatic carbocycles. The first kappa shape index (κ1) is 17.1. The summed E-state index contributed by atoms with van der Waals surface area (Å²) >= 11 is 0. The van der Waals surface area contributed by atoms with Gasteiger partial charge in [-0.25, -0.2) is 4.79 Å². The Bertz CT molecular complexity index is 449. The van der Waals surface area contributed by atoms with Gasteiger partial charge in [0.15, 0.2) is 0 Å². The highest BCUT2D eigenvalue weighted by Gasteiger charge is 2.57. The first-order valence-electron chi connectivity index (χ1n) is 8.41. The van der Waals surface area contributed by atoms with Gasteiger partial charge in [0, 0.05) is 11.6 Å². The summed E-state index contributed by atoms with van der Waals surface area (Å²) in [6.07, 6.45) is 2.85. The summed E-state index contributed by atoms with van der Waals surface area (Å²) in [5.41, 5.74) is -0.106. The Morgan fingerprint density at radius 3 is 2.36 bits per heavy atom. The molecule has 2 rings (SSSR count). The molecule has 1 N–H and O–H groups in total. The summed E-state index contributed by atoms with van der Waals surface area (Å²) < 4.78 is 4.68. The molecule has 2 amide bonds. The van der Waals surface area contributed by atoms with E-state index in [0.717, 1.165) is 12.8 Å². The van der Waals surface area contributed by atoms with Crippen LogP contribution in [0.1, 0.15) is 53.9 Å². The number of methoxy groups -OCH3 is 1. The van der Waals surface area contributed by atoms with E-state index < -0.39 is 12.1 Å². The molecule has 0 aromatic heterocycles. The normalized spacial score (nSPS) is 31.7. The summed E-state index contributed by atoms with van der Waals surface area (Å²) in [7, 11) is 1.33. The number of carbonyl (C=O) groups excluding carboxylic acids is 2. The highest BCUT2D eigenvalue weighted by atomic mass is 16.5. The van der Waals surface area contributed by atoms with Gasteiger partial charge in [0.25, 0.3) is 0 Å². The second-order valence-electron chi connectivity index (χ2n) is 7.61. The van der Waals surface area contributed by atoms with Gasteiger partial charge < -0.3 is 15.0 Å². The van der Waals surface area contributed by atoms with Crippen LogP contribution in [0.3, 0.4) is 0 Å². The van der Waals surface area contributed by atoms with E-state index in [1.54, 1.807) is 0 Å². The summed E-state index contributed by atoms with van der Waals surface area (Å²) in [4.78, 5) is 26.9. The fourth-order valence-electron chi connectivity index (χ4n) is 4.33. The van der Waals surface area contributed by atoms with Crippen molar-refractivity contribution in [2.24, 2.45) is 17.8 Å². The molecule has 0 aromatic rings. The Morgan fingerprint density at radius 2 is 1.86 bits per heavy atom. The molecule has 0 spiro atoms. The molecule has 0 unspecified atom stereocenters. The molecule has 2 aliphatic rings. The number of likely N-dealkylation sites (tertiary alicyclic amines) is 1. The predicted octanol–water partition coefficient (Wildman–Crippen LogP) is 2.79. The van der Waals surface area contributed by atoms with Crippen LogP contribution >= 0.6 is 0 Å². The summed E-state index contributed by atoms with van der Waals surface area (Å²) in [5.74, 6) is 1.05. The molecule has 4 atom stereocenters. The van der Waals surface area contributed by atoms with Crippen molar-refractivity contribution in [3.63, 3.8) is 0 Å². The number of rotatable bonds is 4. The van der Waals surface area contributed by atoms with E-state index in [-0.39, 0.29) is 17.4 Å². The van der Waals surface area contributed by atoms with Gasteiger partial charge in [-0.3, -0.25) is 4.79 Å².